The highest BCUT2D eigenvalue weighted by Gasteiger charge is 2.51. The van der Waals surface area contributed by atoms with Crippen molar-refractivity contribution in [2.24, 2.45) is 0 Å². The average molecular weight is 1430 g/mol. The molecule has 0 bridgehead atoms. The molecule has 108 heavy (non-hydrogen) atoms. The molecule has 0 saturated heterocycles. The number of rotatable bonds is 15. The summed E-state index contributed by atoms with van der Waals surface area (Å²) in [5.74, 6) is 2.22. The van der Waals surface area contributed by atoms with Crippen LogP contribution in [0.4, 0.5) is 45.5 Å². The smallest absolute Gasteiger partial charge is 0.270 e. The van der Waals surface area contributed by atoms with E-state index in [1.54, 1.807) is 0 Å². The lowest BCUT2D eigenvalue weighted by molar-refractivity contribution is 0.581. The summed E-state index contributed by atoms with van der Waals surface area (Å²) in [6, 6.07) is 133. The molecule has 15 aromatic carbocycles. The van der Waals surface area contributed by atoms with Crippen LogP contribution in [-0.2, 0) is 9.13 Å². The summed E-state index contributed by atoms with van der Waals surface area (Å²) in [6.07, 6.45) is 0. The molecule has 11 nitrogen and oxygen atoms in total. The first-order chi connectivity index (χ1) is 53.3. The summed E-state index contributed by atoms with van der Waals surface area (Å²) < 4.78 is 41.8. The zero-order valence-corrected chi connectivity index (χ0v) is 60.1. The predicted molar refractivity (Wildman–Crippen MR) is 444 cm³/mol. The van der Waals surface area contributed by atoms with Gasteiger partial charge in [-0.3, -0.25) is 27.8 Å². The van der Waals surface area contributed by atoms with Gasteiger partial charge in [-0.2, -0.15) is 0 Å². The van der Waals surface area contributed by atoms with Gasteiger partial charge in [-0.25, -0.2) is 24.9 Å². The van der Waals surface area contributed by atoms with E-state index in [4.69, 9.17) is 24.9 Å². The van der Waals surface area contributed by atoms with E-state index in [1.165, 1.54) is 0 Å². The van der Waals surface area contributed by atoms with Crippen LogP contribution in [0.5, 0.6) is 0 Å². The van der Waals surface area contributed by atoms with Crippen LogP contribution >= 0.6 is 14.9 Å². The fourth-order valence-electron chi connectivity index (χ4n) is 15.1. The van der Waals surface area contributed by atoms with Crippen molar-refractivity contribution >= 4 is 81.8 Å². The van der Waals surface area contributed by atoms with Gasteiger partial charge in [-0.15, -0.1) is 0 Å². The number of aromatic nitrogens is 5. The Morgan fingerprint density at radius 3 is 1.00 bits per heavy atom. The highest BCUT2D eigenvalue weighted by molar-refractivity contribution is 7.76. The summed E-state index contributed by atoms with van der Waals surface area (Å²) in [5, 5.41) is 3.37. The van der Waals surface area contributed by atoms with Crippen molar-refractivity contribution < 1.29 is 9.13 Å². The van der Waals surface area contributed by atoms with Gasteiger partial charge in [-0.05, 0) is 159 Å². The van der Waals surface area contributed by atoms with Crippen LogP contribution in [0.1, 0.15) is 0 Å². The molecule has 0 fully saturated rings. The van der Waals surface area contributed by atoms with Gasteiger partial charge in [0.1, 0.15) is 0 Å². The zero-order chi connectivity index (χ0) is 72.1. The summed E-state index contributed by atoms with van der Waals surface area (Å²) in [5.41, 5.74) is 19.5. The molecule has 0 N–H and O–H groups in total. The Morgan fingerprint density at radius 2 is 0.509 bits per heavy atom. The van der Waals surface area contributed by atoms with Crippen LogP contribution in [0, 0.1) is 0 Å². The third-order valence-corrected chi connectivity index (χ3v) is 26.1. The number of nitrogens with zero attached hydrogens (tertiary/aromatic N) is 9. The van der Waals surface area contributed by atoms with E-state index in [1.807, 2.05) is 245 Å². The minimum atomic E-state index is -3.79. The molecule has 13 heteroatoms. The molecule has 2 aliphatic heterocycles. The first-order valence-corrected chi connectivity index (χ1v) is 39.2. The molecule has 512 valence electrons. The zero-order valence-electron chi connectivity index (χ0n) is 58.3. The van der Waals surface area contributed by atoms with Crippen LogP contribution in [0.15, 0.2) is 394 Å². The Balaban J connectivity index is 0.662. The van der Waals surface area contributed by atoms with E-state index in [0.717, 1.165) is 140 Å². The molecule has 0 spiro atoms. The quantitative estimate of drug-likeness (QED) is 0.0915. The Morgan fingerprint density at radius 1 is 0.194 bits per heavy atom. The molecule has 0 aliphatic carbocycles. The molecule has 0 saturated carbocycles. The standard InChI is InChI=1S/C95H65N9O2P2/c105-107(80-44-23-8-24-45-80)101(76-36-15-4-16-37-76)89-61-55-74(64-91(89)104(107)79-42-21-7-22-43-79)82-58-59-85(84-47-26-25-46-83(82)84)95-99-92(70-32-13-3-14-33-70)98-93(100-95)71-50-48-66(49-51-71)67-52-56-81(57-53-67)108(106)102(77-38-17-5-18-39-77)88-60-54-73(63-90(88)103(108)78-40-19-6-20-41-78)72-34-27-35-75(62-72)94-96-86(68-28-9-1-10-29-68)65-87(97-94)69-30-11-2-12-31-69/h1-65H. The second-order valence-electron chi connectivity index (χ2n) is 26.7. The van der Waals surface area contributed by atoms with Gasteiger partial charge in [0.05, 0.1) is 44.7 Å². The second kappa shape index (κ2) is 27.4. The van der Waals surface area contributed by atoms with Crippen LogP contribution < -0.4 is 29.3 Å². The Kier molecular flexibility index (Phi) is 16.5. The normalized spacial score (nSPS) is 15.1. The van der Waals surface area contributed by atoms with E-state index in [2.05, 4.69) is 168 Å². The maximum Gasteiger partial charge on any atom is 0.301 e. The van der Waals surface area contributed by atoms with Crippen molar-refractivity contribution in [3.8, 4) is 101 Å². The Bertz CT molecular complexity index is 6260. The molecule has 2 aliphatic rings. The SMILES string of the molecule is O=P1(c2ccc(-c3ccc(-c4nc(-c5ccccc5)nc(-c5ccc(-c6ccc7c(c6)N(c6ccccc6)P(=O)(c6ccccc6)N7c6ccccc6)c6ccccc56)n4)cc3)cc2)N(c2ccccc2)c2ccc(-c3cccc(-c4nc(-c5ccccc5)cc(-c5ccccc5)n4)c3)cc2N1c1ccccc1. The van der Waals surface area contributed by atoms with E-state index in [9.17, 15) is 0 Å². The summed E-state index contributed by atoms with van der Waals surface area (Å²) >= 11 is 0. The number of benzene rings is 15. The third kappa shape index (κ3) is 11.5. The van der Waals surface area contributed by atoms with E-state index >= 15 is 9.13 Å². The minimum Gasteiger partial charge on any atom is -0.270 e. The average Bonchev–Trinajstić information content (AvgIpc) is 1.55. The van der Waals surface area contributed by atoms with Gasteiger partial charge in [0, 0.05) is 56.1 Å². The fourth-order valence-corrected chi connectivity index (χ4v) is 21.1. The van der Waals surface area contributed by atoms with Gasteiger partial charge < -0.3 is 0 Å². The number of fused-ring (bicyclic) bond motifs is 3. The monoisotopic (exact) mass is 1430 g/mol. The number of hydrogen-bond donors (Lipinski definition) is 0. The molecule has 17 aromatic rings. The maximum absolute atomic E-state index is 17.2. The van der Waals surface area contributed by atoms with Crippen molar-refractivity contribution in [2.75, 3.05) is 18.7 Å². The Hall–Kier alpha value is -13.7. The van der Waals surface area contributed by atoms with Crippen LogP contribution in [0.25, 0.3) is 112 Å². The van der Waals surface area contributed by atoms with Crippen molar-refractivity contribution in [1.82, 2.24) is 24.9 Å². The first kappa shape index (κ1) is 65.1. The van der Waals surface area contributed by atoms with Gasteiger partial charge >= 0.3 is 14.9 Å². The van der Waals surface area contributed by atoms with Crippen LogP contribution in [-0.4, -0.2) is 24.9 Å². The summed E-state index contributed by atoms with van der Waals surface area (Å²) in [4.78, 5) is 26.1. The fraction of sp³-hybridized carbons (Fsp3) is 0. The van der Waals surface area contributed by atoms with E-state index < -0.39 is 14.9 Å². The molecular weight excluding hydrogens is 1360 g/mol. The maximum atomic E-state index is 17.2. The lowest BCUT2D eigenvalue weighted by Gasteiger charge is -2.33. The molecule has 19 rings (SSSR count). The lowest BCUT2D eigenvalue weighted by atomic mass is 9.94. The van der Waals surface area contributed by atoms with Crippen molar-refractivity contribution in [2.45, 2.75) is 0 Å². The molecule has 0 radical (unpaired) electrons. The van der Waals surface area contributed by atoms with Crippen LogP contribution in [0.2, 0.25) is 0 Å². The van der Waals surface area contributed by atoms with Crippen LogP contribution in [0.3, 0.4) is 0 Å². The lowest BCUT2D eigenvalue weighted by Crippen LogP contribution is -2.26. The third-order valence-electron chi connectivity index (χ3n) is 20.2. The van der Waals surface area contributed by atoms with Gasteiger partial charge in [0.15, 0.2) is 23.3 Å². The van der Waals surface area contributed by atoms with E-state index in [-0.39, 0.29) is 0 Å². The van der Waals surface area contributed by atoms with Crippen molar-refractivity contribution in [3.63, 3.8) is 0 Å². The largest absolute Gasteiger partial charge is 0.301 e. The molecule has 2 atom stereocenters. The molecule has 0 amide bonds. The highest BCUT2D eigenvalue weighted by atomic mass is 31.2. The predicted octanol–water partition coefficient (Wildman–Crippen LogP) is 24.4. The van der Waals surface area contributed by atoms with Gasteiger partial charge in [0.2, 0.25) is 0 Å². The molecule has 2 aromatic heterocycles. The number of hydrogen-bond acceptors (Lipinski definition) is 7. The van der Waals surface area contributed by atoms with E-state index in [0.29, 0.717) is 28.6 Å². The summed E-state index contributed by atoms with van der Waals surface area (Å²) in [7, 11) is -7.38. The topological polar surface area (TPSA) is 112 Å². The second-order valence-corrected chi connectivity index (χ2v) is 31.5. The highest BCUT2D eigenvalue weighted by Crippen LogP contribution is 2.72. The number of para-hydroxylation sites is 4. The Labute approximate surface area is 626 Å². The minimum absolute atomic E-state index is 0.524. The molecule has 2 unspecified atom stereocenters. The van der Waals surface area contributed by atoms with Gasteiger partial charge in [0.25, 0.3) is 0 Å². The number of anilines is 8. The summed E-state index contributed by atoms with van der Waals surface area (Å²) in [6.45, 7) is 0. The van der Waals surface area contributed by atoms with Crippen molar-refractivity contribution in [1.29, 1.82) is 0 Å². The van der Waals surface area contributed by atoms with Gasteiger partial charge in [-0.1, -0.05) is 279 Å². The van der Waals surface area contributed by atoms with Crippen molar-refractivity contribution in [3.05, 3.63) is 394 Å². The first-order valence-electron chi connectivity index (χ1n) is 35.9. The molecular formula is C95H65N9O2P2. The molecule has 4 heterocycles.